The molecule has 0 unspecified atom stereocenters. The van der Waals surface area contributed by atoms with Crippen molar-refractivity contribution in [3.63, 3.8) is 0 Å². The average molecular weight is 424 g/mol. The molecule has 1 heterocycles. The third-order valence-electron chi connectivity index (χ3n) is 4.39. The third-order valence-corrected chi connectivity index (χ3v) is 4.39. The fourth-order valence-electron chi connectivity index (χ4n) is 2.99. The number of benzene rings is 2. The highest BCUT2D eigenvalue weighted by atomic mass is 19.1. The fraction of sp³-hybridized carbons (Fsp3) is 0.0952. The van der Waals surface area contributed by atoms with Gasteiger partial charge in [-0.1, -0.05) is 6.07 Å². The molecule has 0 bridgehead atoms. The number of nitrogens with zero attached hydrogens (tertiary/aromatic N) is 1. The Morgan fingerprint density at radius 3 is 2.35 bits per heavy atom. The van der Waals surface area contributed by atoms with E-state index in [9.17, 15) is 18.8 Å². The molecule has 3 aromatic rings. The Balaban J connectivity index is 2.08. The lowest BCUT2D eigenvalue weighted by Crippen LogP contribution is -2.26. The Morgan fingerprint density at radius 2 is 1.71 bits per heavy atom. The van der Waals surface area contributed by atoms with Crippen molar-refractivity contribution < 1.29 is 14.0 Å². The molecule has 7 N–H and O–H groups in total. The van der Waals surface area contributed by atoms with Crippen molar-refractivity contribution in [1.29, 1.82) is 0 Å². The number of hydrogen-bond donors (Lipinski definition) is 5. The zero-order valence-electron chi connectivity index (χ0n) is 16.8. The number of primary amides is 1. The van der Waals surface area contributed by atoms with E-state index in [0.717, 1.165) is 10.6 Å². The monoisotopic (exact) mass is 424 g/mol. The molecule has 2 amide bonds. The van der Waals surface area contributed by atoms with Crippen LogP contribution in [0.25, 0.3) is 0 Å². The first-order valence-electron chi connectivity index (χ1n) is 9.16. The summed E-state index contributed by atoms with van der Waals surface area (Å²) in [6, 6.07) is 11.8. The van der Waals surface area contributed by atoms with Gasteiger partial charge in [-0.3, -0.25) is 19.0 Å². The Hall–Kier alpha value is -4.34. The van der Waals surface area contributed by atoms with Crippen LogP contribution in [0.5, 0.6) is 0 Å². The number of aromatic nitrogens is 1. The number of nitrogens with one attached hydrogen (secondary N) is 3. The third kappa shape index (κ3) is 4.81. The van der Waals surface area contributed by atoms with Gasteiger partial charge in [0.25, 0.3) is 11.5 Å². The van der Waals surface area contributed by atoms with Crippen LogP contribution in [-0.4, -0.2) is 16.4 Å². The number of hydrogen-bond acceptors (Lipinski definition) is 6. The first-order chi connectivity index (χ1) is 14.7. The van der Waals surface area contributed by atoms with Crippen LogP contribution >= 0.6 is 0 Å². The Kier molecular flexibility index (Phi) is 5.91. The Morgan fingerprint density at radius 1 is 1.00 bits per heavy atom. The van der Waals surface area contributed by atoms with Crippen LogP contribution in [0.15, 0.2) is 53.3 Å². The van der Waals surface area contributed by atoms with Gasteiger partial charge in [-0.05, 0) is 36.4 Å². The molecule has 0 saturated carbocycles. The highest BCUT2D eigenvalue weighted by Gasteiger charge is 2.20. The Labute approximate surface area is 176 Å². The van der Waals surface area contributed by atoms with Gasteiger partial charge in [0, 0.05) is 37.1 Å². The number of carbonyl (C=O) groups is 2. The van der Waals surface area contributed by atoms with E-state index in [1.54, 1.807) is 24.3 Å². The van der Waals surface area contributed by atoms with Gasteiger partial charge in [0.05, 0.1) is 11.4 Å². The fourth-order valence-corrected chi connectivity index (χ4v) is 2.99. The zero-order chi connectivity index (χ0) is 22.7. The van der Waals surface area contributed by atoms with E-state index in [-0.39, 0.29) is 34.4 Å². The summed E-state index contributed by atoms with van der Waals surface area (Å²) in [6.45, 7) is 1.38. The van der Waals surface area contributed by atoms with Crippen LogP contribution in [0.1, 0.15) is 17.3 Å². The summed E-state index contributed by atoms with van der Waals surface area (Å²) in [7, 11) is 1.42. The molecular formula is C21H21FN6O3. The second-order valence-electron chi connectivity index (χ2n) is 6.79. The second kappa shape index (κ2) is 8.57. The lowest BCUT2D eigenvalue weighted by molar-refractivity contribution is -0.114. The molecule has 0 aliphatic heterocycles. The van der Waals surface area contributed by atoms with Gasteiger partial charge in [0.15, 0.2) is 0 Å². The number of nitrogens with two attached hydrogens (primary N) is 2. The maximum absolute atomic E-state index is 14.3. The lowest BCUT2D eigenvalue weighted by Gasteiger charge is -2.19. The molecule has 160 valence electrons. The standard InChI is InChI=1S/C21H21FN6O3/c1-11(29)25-13-4-3-5-14(9-13)26-17-10-18(30)28(2)21(19(17)20(24)31)27-16-7-6-12(23)8-15(16)22/h3-10,26-27H,23H2,1-2H3,(H2,24,31)(H,25,29). The Bertz CT molecular complexity index is 1240. The van der Waals surface area contributed by atoms with Crippen molar-refractivity contribution in [2.24, 2.45) is 12.8 Å². The highest BCUT2D eigenvalue weighted by Crippen LogP contribution is 2.29. The highest BCUT2D eigenvalue weighted by molar-refractivity contribution is 6.04. The molecule has 31 heavy (non-hydrogen) atoms. The molecule has 1 aromatic heterocycles. The summed E-state index contributed by atoms with van der Waals surface area (Å²) in [5.41, 5.74) is 12.0. The normalized spacial score (nSPS) is 10.4. The lowest BCUT2D eigenvalue weighted by atomic mass is 10.1. The van der Waals surface area contributed by atoms with Gasteiger partial charge < -0.3 is 27.4 Å². The molecule has 3 rings (SSSR count). The van der Waals surface area contributed by atoms with Gasteiger partial charge in [-0.2, -0.15) is 0 Å². The number of halogens is 1. The smallest absolute Gasteiger partial charge is 0.254 e. The number of pyridine rings is 1. The minimum Gasteiger partial charge on any atom is -0.399 e. The molecule has 2 aromatic carbocycles. The van der Waals surface area contributed by atoms with Crippen molar-refractivity contribution in [1.82, 2.24) is 4.57 Å². The maximum atomic E-state index is 14.3. The number of anilines is 6. The molecule has 0 aliphatic rings. The molecule has 9 nitrogen and oxygen atoms in total. The van der Waals surface area contributed by atoms with Crippen molar-refractivity contribution in [3.8, 4) is 0 Å². The van der Waals surface area contributed by atoms with E-state index >= 15 is 0 Å². The van der Waals surface area contributed by atoms with Gasteiger partial charge in [0.1, 0.15) is 17.2 Å². The van der Waals surface area contributed by atoms with Gasteiger partial charge >= 0.3 is 0 Å². The summed E-state index contributed by atoms with van der Waals surface area (Å²) in [5.74, 6) is -1.75. The van der Waals surface area contributed by atoms with E-state index in [2.05, 4.69) is 16.0 Å². The molecule has 10 heteroatoms. The van der Waals surface area contributed by atoms with Gasteiger partial charge in [0.2, 0.25) is 5.91 Å². The molecule has 0 aliphatic carbocycles. The number of rotatable bonds is 6. The molecule has 0 fully saturated rings. The summed E-state index contributed by atoms with van der Waals surface area (Å²) in [4.78, 5) is 36.1. The number of amides is 2. The minimum atomic E-state index is -0.838. The van der Waals surface area contributed by atoms with Crippen LogP contribution in [0.4, 0.5) is 38.6 Å². The average Bonchev–Trinajstić information content (AvgIpc) is 2.67. The quantitative estimate of drug-likeness (QED) is 0.385. The van der Waals surface area contributed by atoms with E-state index in [1.165, 1.54) is 32.2 Å². The van der Waals surface area contributed by atoms with Gasteiger partial charge in [-0.25, -0.2) is 4.39 Å². The largest absolute Gasteiger partial charge is 0.399 e. The minimum absolute atomic E-state index is 0.00388. The number of carbonyl (C=O) groups excluding carboxylic acids is 2. The first-order valence-corrected chi connectivity index (χ1v) is 9.16. The topological polar surface area (TPSA) is 144 Å². The molecule has 0 saturated heterocycles. The summed E-state index contributed by atoms with van der Waals surface area (Å²) < 4.78 is 15.4. The summed E-state index contributed by atoms with van der Waals surface area (Å²) >= 11 is 0. The zero-order valence-corrected chi connectivity index (χ0v) is 16.8. The van der Waals surface area contributed by atoms with E-state index in [4.69, 9.17) is 11.5 Å². The van der Waals surface area contributed by atoms with Crippen molar-refractivity contribution in [2.45, 2.75) is 6.92 Å². The van der Waals surface area contributed by atoms with Crippen molar-refractivity contribution in [3.05, 3.63) is 70.3 Å². The number of nitrogen functional groups attached to an aromatic ring is 1. The predicted molar refractivity (Wildman–Crippen MR) is 118 cm³/mol. The molecular weight excluding hydrogens is 403 g/mol. The maximum Gasteiger partial charge on any atom is 0.254 e. The van der Waals surface area contributed by atoms with Crippen molar-refractivity contribution in [2.75, 3.05) is 21.7 Å². The van der Waals surface area contributed by atoms with Crippen LogP contribution in [0.3, 0.4) is 0 Å². The van der Waals surface area contributed by atoms with Crippen LogP contribution in [0, 0.1) is 5.82 Å². The molecule has 0 atom stereocenters. The second-order valence-corrected chi connectivity index (χ2v) is 6.79. The van der Waals surface area contributed by atoms with E-state index in [0.29, 0.717) is 11.4 Å². The summed E-state index contributed by atoms with van der Waals surface area (Å²) in [5, 5.41) is 8.37. The van der Waals surface area contributed by atoms with E-state index in [1.807, 2.05) is 0 Å². The van der Waals surface area contributed by atoms with E-state index < -0.39 is 17.3 Å². The molecule has 0 spiro atoms. The SMILES string of the molecule is CC(=O)Nc1cccc(Nc2cc(=O)n(C)c(Nc3ccc(N)cc3F)c2C(N)=O)c1. The van der Waals surface area contributed by atoms with Crippen molar-refractivity contribution >= 4 is 46.1 Å². The van der Waals surface area contributed by atoms with Crippen LogP contribution in [-0.2, 0) is 11.8 Å². The predicted octanol–water partition coefficient (Wildman–Crippen LogP) is 2.65. The van der Waals surface area contributed by atoms with Gasteiger partial charge in [-0.15, -0.1) is 0 Å². The first kappa shape index (κ1) is 21.4. The summed E-state index contributed by atoms with van der Waals surface area (Å²) in [6.07, 6.45) is 0. The molecule has 0 radical (unpaired) electrons. The van der Waals surface area contributed by atoms with Crippen LogP contribution in [0.2, 0.25) is 0 Å². The van der Waals surface area contributed by atoms with Crippen LogP contribution < -0.4 is 33.0 Å².